The Morgan fingerprint density at radius 2 is 2.19 bits per heavy atom. The third-order valence-corrected chi connectivity index (χ3v) is 4.20. The van der Waals surface area contributed by atoms with Gasteiger partial charge in [-0.1, -0.05) is 19.3 Å². The van der Waals surface area contributed by atoms with E-state index in [2.05, 4.69) is 11.4 Å². The molecular weight excluding hydrogens is 216 g/mol. The van der Waals surface area contributed by atoms with Crippen LogP contribution in [0.3, 0.4) is 0 Å². The van der Waals surface area contributed by atoms with Gasteiger partial charge >= 0.3 is 0 Å². The van der Waals surface area contributed by atoms with Gasteiger partial charge in [-0.25, -0.2) is 4.98 Å². The van der Waals surface area contributed by atoms with Crippen molar-refractivity contribution in [3.63, 3.8) is 0 Å². The Bertz CT molecular complexity index is 358. The van der Waals surface area contributed by atoms with E-state index in [0.717, 1.165) is 18.8 Å². The van der Waals surface area contributed by atoms with Crippen LogP contribution in [0.4, 0.5) is 0 Å². The summed E-state index contributed by atoms with van der Waals surface area (Å²) < 4.78 is 0. The van der Waals surface area contributed by atoms with Gasteiger partial charge in [-0.05, 0) is 19.3 Å². The Morgan fingerprint density at radius 3 is 2.94 bits per heavy atom. The molecule has 0 spiro atoms. The first-order valence-corrected chi connectivity index (χ1v) is 7.09. The summed E-state index contributed by atoms with van der Waals surface area (Å²) in [6.45, 7) is 0. The number of aromatic nitrogens is 1. The summed E-state index contributed by atoms with van der Waals surface area (Å²) in [7, 11) is 0. The van der Waals surface area contributed by atoms with E-state index in [0.29, 0.717) is 6.42 Å². The highest BCUT2D eigenvalue weighted by Gasteiger charge is 2.17. The zero-order chi connectivity index (χ0) is 11.2. The molecule has 2 nitrogen and oxygen atoms in total. The summed E-state index contributed by atoms with van der Waals surface area (Å²) in [6.07, 6.45) is 9.35. The molecule has 1 aliphatic rings. The fourth-order valence-electron chi connectivity index (χ4n) is 2.34. The van der Waals surface area contributed by atoms with Gasteiger partial charge in [0.05, 0.1) is 16.8 Å². The molecule has 1 fully saturated rings. The monoisotopic (exact) mass is 234 g/mol. The van der Waals surface area contributed by atoms with Crippen LogP contribution < -0.4 is 0 Å². The first-order valence-electron chi connectivity index (χ1n) is 6.21. The van der Waals surface area contributed by atoms with E-state index >= 15 is 0 Å². The lowest BCUT2D eigenvalue weighted by atomic mass is 9.87. The van der Waals surface area contributed by atoms with Gasteiger partial charge in [0.2, 0.25) is 0 Å². The summed E-state index contributed by atoms with van der Waals surface area (Å²) in [5.74, 6) is 0.717. The molecule has 1 aromatic rings. The molecule has 0 amide bonds. The van der Waals surface area contributed by atoms with Gasteiger partial charge in [-0.3, -0.25) is 0 Å². The van der Waals surface area contributed by atoms with Crippen molar-refractivity contribution < 1.29 is 0 Å². The first-order chi connectivity index (χ1) is 7.90. The highest BCUT2D eigenvalue weighted by Crippen LogP contribution is 2.33. The van der Waals surface area contributed by atoms with Crippen molar-refractivity contribution in [3.8, 4) is 6.07 Å². The van der Waals surface area contributed by atoms with Crippen LogP contribution in [0.1, 0.15) is 61.6 Å². The summed E-state index contributed by atoms with van der Waals surface area (Å²) in [4.78, 5) is 4.71. The number of nitrogens with zero attached hydrogens (tertiary/aromatic N) is 2. The zero-order valence-corrected chi connectivity index (χ0v) is 10.4. The van der Waals surface area contributed by atoms with Crippen molar-refractivity contribution in [2.24, 2.45) is 0 Å². The van der Waals surface area contributed by atoms with E-state index in [1.807, 2.05) is 0 Å². The Labute approximate surface area is 101 Å². The van der Waals surface area contributed by atoms with E-state index in [1.165, 1.54) is 42.8 Å². The summed E-state index contributed by atoms with van der Waals surface area (Å²) in [5, 5.41) is 11.9. The maximum atomic E-state index is 8.49. The van der Waals surface area contributed by atoms with Gasteiger partial charge < -0.3 is 0 Å². The lowest BCUT2D eigenvalue weighted by Gasteiger charge is -2.19. The maximum absolute atomic E-state index is 8.49. The van der Waals surface area contributed by atoms with Gasteiger partial charge in [0.1, 0.15) is 0 Å². The van der Waals surface area contributed by atoms with E-state index < -0.39 is 0 Å². The predicted octanol–water partition coefficient (Wildman–Crippen LogP) is 4.04. The molecule has 0 saturated heterocycles. The van der Waals surface area contributed by atoms with Crippen LogP contribution in [0.5, 0.6) is 0 Å². The van der Waals surface area contributed by atoms with Crippen LogP contribution in [-0.4, -0.2) is 4.98 Å². The van der Waals surface area contributed by atoms with E-state index in [-0.39, 0.29) is 0 Å². The van der Waals surface area contributed by atoms with E-state index in [1.54, 1.807) is 11.3 Å². The summed E-state index contributed by atoms with van der Waals surface area (Å²) in [5.41, 5.74) is 1.32. The Morgan fingerprint density at radius 1 is 1.38 bits per heavy atom. The predicted molar refractivity (Wildman–Crippen MR) is 66.5 cm³/mol. The second-order valence-corrected chi connectivity index (χ2v) is 5.46. The molecule has 0 bridgehead atoms. The van der Waals surface area contributed by atoms with Gasteiger partial charge in [-0.2, -0.15) is 5.26 Å². The molecule has 3 heteroatoms. The number of thiazole rings is 1. The zero-order valence-electron chi connectivity index (χ0n) is 9.61. The molecule has 0 radical (unpaired) electrons. The smallest absolute Gasteiger partial charge is 0.0928 e. The summed E-state index contributed by atoms with van der Waals surface area (Å²) >= 11 is 1.77. The number of unbranched alkanes of at least 4 members (excludes halogenated alkanes) is 1. The van der Waals surface area contributed by atoms with Crippen molar-refractivity contribution in [1.29, 1.82) is 5.26 Å². The van der Waals surface area contributed by atoms with Crippen LogP contribution in [0.25, 0.3) is 0 Å². The molecule has 1 aromatic heterocycles. The fourth-order valence-corrected chi connectivity index (χ4v) is 3.27. The molecule has 1 heterocycles. The minimum Gasteiger partial charge on any atom is -0.246 e. The molecule has 86 valence electrons. The van der Waals surface area contributed by atoms with E-state index in [4.69, 9.17) is 10.2 Å². The molecule has 1 aliphatic carbocycles. The first kappa shape index (κ1) is 11.6. The number of hydrogen-bond donors (Lipinski definition) is 0. The van der Waals surface area contributed by atoms with E-state index in [9.17, 15) is 0 Å². The SMILES string of the molecule is N#CCCCc1nc(C2CCCCC2)cs1. The quantitative estimate of drug-likeness (QED) is 0.737. The molecule has 0 unspecified atom stereocenters. The third kappa shape index (κ3) is 3.05. The molecule has 0 atom stereocenters. The Kier molecular flexibility index (Phi) is 4.35. The molecule has 2 rings (SSSR count). The van der Waals surface area contributed by atoms with Gasteiger partial charge in [0.15, 0.2) is 0 Å². The average molecular weight is 234 g/mol. The van der Waals surface area contributed by atoms with Crippen LogP contribution in [-0.2, 0) is 6.42 Å². The van der Waals surface area contributed by atoms with Crippen LogP contribution >= 0.6 is 11.3 Å². The Hall–Kier alpha value is -0.880. The van der Waals surface area contributed by atoms with Gasteiger partial charge in [0.25, 0.3) is 0 Å². The van der Waals surface area contributed by atoms with Crippen LogP contribution in [0.15, 0.2) is 5.38 Å². The molecular formula is C13H18N2S. The van der Waals surface area contributed by atoms with Crippen molar-refractivity contribution in [2.75, 3.05) is 0 Å². The van der Waals surface area contributed by atoms with Crippen molar-refractivity contribution in [1.82, 2.24) is 4.98 Å². The van der Waals surface area contributed by atoms with Crippen molar-refractivity contribution >= 4 is 11.3 Å². The molecule has 0 N–H and O–H groups in total. The lowest BCUT2D eigenvalue weighted by molar-refractivity contribution is 0.437. The minimum atomic E-state index is 0.651. The number of hydrogen-bond acceptors (Lipinski definition) is 3. The molecule has 0 aromatic carbocycles. The largest absolute Gasteiger partial charge is 0.246 e. The van der Waals surface area contributed by atoms with Gasteiger partial charge in [-0.15, -0.1) is 11.3 Å². The fraction of sp³-hybridized carbons (Fsp3) is 0.692. The van der Waals surface area contributed by atoms with Crippen molar-refractivity contribution in [3.05, 3.63) is 16.1 Å². The topological polar surface area (TPSA) is 36.7 Å². The second kappa shape index (κ2) is 6.00. The normalized spacial score (nSPS) is 17.2. The highest BCUT2D eigenvalue weighted by atomic mass is 32.1. The Balaban J connectivity index is 1.88. The maximum Gasteiger partial charge on any atom is 0.0928 e. The molecule has 1 saturated carbocycles. The number of rotatable bonds is 4. The second-order valence-electron chi connectivity index (χ2n) is 4.51. The van der Waals surface area contributed by atoms with Gasteiger partial charge in [0, 0.05) is 24.1 Å². The van der Waals surface area contributed by atoms with Crippen LogP contribution in [0.2, 0.25) is 0 Å². The average Bonchev–Trinajstić information content (AvgIpc) is 2.79. The summed E-state index contributed by atoms with van der Waals surface area (Å²) in [6, 6.07) is 2.18. The van der Waals surface area contributed by atoms with Crippen LogP contribution in [0, 0.1) is 11.3 Å². The molecule has 0 aliphatic heterocycles. The standard InChI is InChI=1S/C13H18N2S/c14-9-5-4-8-13-15-12(10-16-13)11-6-2-1-3-7-11/h10-11H,1-8H2. The number of aryl methyl sites for hydroxylation is 1. The minimum absolute atomic E-state index is 0.651. The number of nitriles is 1. The molecule has 16 heavy (non-hydrogen) atoms. The highest BCUT2D eigenvalue weighted by molar-refractivity contribution is 7.09. The lowest BCUT2D eigenvalue weighted by Crippen LogP contribution is -2.04. The third-order valence-electron chi connectivity index (χ3n) is 3.27. The van der Waals surface area contributed by atoms with Crippen molar-refractivity contribution in [2.45, 2.75) is 57.3 Å².